The smallest absolute Gasteiger partial charge is 0.318 e. The first-order valence-corrected chi connectivity index (χ1v) is 4.63. The fraction of sp³-hybridized carbons (Fsp3) is 0.333. The van der Waals surface area contributed by atoms with E-state index < -0.39 is 12.1 Å². The highest BCUT2D eigenvalue weighted by Gasteiger charge is 2.33. The molecule has 0 saturated carbocycles. The van der Waals surface area contributed by atoms with Crippen LogP contribution in [0, 0.1) is 6.92 Å². The van der Waals surface area contributed by atoms with Crippen LogP contribution in [0.4, 0.5) is 14.5 Å². The Morgan fingerprint density at radius 1 is 1.50 bits per heavy atom. The third-order valence-corrected chi connectivity index (χ3v) is 2.43. The summed E-state index contributed by atoms with van der Waals surface area (Å²) in [5.41, 5.74) is 0.423. The van der Waals surface area contributed by atoms with Crippen LogP contribution in [0.2, 0.25) is 0 Å². The highest BCUT2D eigenvalue weighted by molar-refractivity contribution is 7.80. The molecule has 0 amide bonds. The Morgan fingerprint density at radius 2 is 2.21 bits per heavy atom. The van der Waals surface area contributed by atoms with Crippen LogP contribution in [0.5, 0.6) is 5.75 Å². The lowest BCUT2D eigenvalue weighted by Gasteiger charge is -2.19. The highest BCUT2D eigenvalue weighted by Crippen LogP contribution is 2.40. The first-order valence-electron chi connectivity index (χ1n) is 4.11. The summed E-state index contributed by atoms with van der Waals surface area (Å²) in [5.74, 6) is 0.455. The summed E-state index contributed by atoms with van der Waals surface area (Å²) in [6.07, 6.45) is 0. The molecule has 0 bridgehead atoms. The lowest BCUT2D eigenvalue weighted by Crippen LogP contribution is -2.34. The first kappa shape index (κ1) is 9.58. The number of ether oxygens (including phenoxy) is 1. The predicted octanol–water partition coefficient (Wildman–Crippen LogP) is 2.63. The number of benzene rings is 1. The molecule has 5 heteroatoms. The predicted molar refractivity (Wildman–Crippen MR) is 53.1 cm³/mol. The average molecular weight is 217 g/mol. The van der Waals surface area contributed by atoms with Crippen LogP contribution >= 0.6 is 12.6 Å². The number of aryl methyl sites for hydroxylation is 1. The van der Waals surface area contributed by atoms with Crippen molar-refractivity contribution in [3.05, 3.63) is 23.8 Å². The molecule has 1 unspecified atom stereocenters. The Balaban J connectivity index is 2.44. The first-order chi connectivity index (χ1) is 6.59. The average Bonchev–Trinajstić information content (AvgIpc) is 2.40. The van der Waals surface area contributed by atoms with Gasteiger partial charge < -0.3 is 4.74 Å². The summed E-state index contributed by atoms with van der Waals surface area (Å²) >= 11 is 3.93. The molecule has 0 saturated heterocycles. The fourth-order valence-corrected chi connectivity index (χ4v) is 1.76. The van der Waals surface area contributed by atoms with E-state index in [1.807, 2.05) is 13.0 Å². The van der Waals surface area contributed by atoms with E-state index in [4.69, 9.17) is 4.74 Å². The molecule has 1 aliphatic rings. The number of anilines is 1. The minimum absolute atomic E-state index is 0.403. The van der Waals surface area contributed by atoms with Crippen molar-refractivity contribution >= 4 is 18.3 Å². The molecular weight excluding hydrogens is 208 g/mol. The van der Waals surface area contributed by atoms with Gasteiger partial charge in [0.15, 0.2) is 0 Å². The molecular formula is C9H9F2NOS. The van der Waals surface area contributed by atoms with Crippen molar-refractivity contribution in [3.8, 4) is 5.75 Å². The molecule has 1 aromatic rings. The van der Waals surface area contributed by atoms with Crippen LogP contribution in [0.15, 0.2) is 18.2 Å². The van der Waals surface area contributed by atoms with E-state index in [0.29, 0.717) is 11.4 Å². The summed E-state index contributed by atoms with van der Waals surface area (Å²) in [6, 6.07) is 5.16. The molecule has 0 aliphatic carbocycles. The number of halogens is 2. The minimum atomic E-state index is -2.60. The third-order valence-electron chi connectivity index (χ3n) is 2.07. The van der Waals surface area contributed by atoms with Gasteiger partial charge in [-0.2, -0.15) is 8.78 Å². The number of thiol groups is 1. The number of hydrogen-bond donors (Lipinski definition) is 1. The zero-order valence-electron chi connectivity index (χ0n) is 7.45. The number of fused-ring (bicyclic) bond motifs is 1. The van der Waals surface area contributed by atoms with Crippen molar-refractivity contribution in [3.63, 3.8) is 0 Å². The van der Waals surface area contributed by atoms with Crippen LogP contribution in [0.25, 0.3) is 0 Å². The van der Waals surface area contributed by atoms with Gasteiger partial charge >= 0.3 is 6.55 Å². The number of nitrogens with zero attached hydrogens (tertiary/aromatic N) is 1. The molecule has 0 fully saturated rings. The van der Waals surface area contributed by atoms with Gasteiger partial charge in [0.1, 0.15) is 5.75 Å². The Morgan fingerprint density at radius 3 is 2.86 bits per heavy atom. The molecule has 14 heavy (non-hydrogen) atoms. The van der Waals surface area contributed by atoms with E-state index in [1.54, 1.807) is 12.1 Å². The largest absolute Gasteiger partial charge is 0.459 e. The Kier molecular flexibility index (Phi) is 2.26. The molecule has 0 radical (unpaired) electrons. The zero-order valence-corrected chi connectivity index (χ0v) is 8.34. The Labute approximate surface area is 85.9 Å². The van der Waals surface area contributed by atoms with Crippen molar-refractivity contribution in [2.24, 2.45) is 0 Å². The van der Waals surface area contributed by atoms with Crippen molar-refractivity contribution in [2.75, 3.05) is 4.90 Å². The molecule has 1 aliphatic heterocycles. The lowest BCUT2D eigenvalue weighted by molar-refractivity contribution is 0.120. The topological polar surface area (TPSA) is 12.5 Å². The number of alkyl halides is 2. The molecule has 0 spiro atoms. The van der Waals surface area contributed by atoms with Gasteiger partial charge in [-0.05, 0) is 24.6 Å². The second kappa shape index (κ2) is 3.31. The van der Waals surface area contributed by atoms with E-state index >= 15 is 0 Å². The van der Waals surface area contributed by atoms with Gasteiger partial charge in [0.2, 0.25) is 5.56 Å². The third kappa shape index (κ3) is 1.41. The molecule has 0 aromatic heterocycles. The monoisotopic (exact) mass is 217 g/mol. The van der Waals surface area contributed by atoms with Gasteiger partial charge in [0.25, 0.3) is 0 Å². The SMILES string of the molecule is Cc1ccc2c(c1)N(C(F)F)C(S)O2. The van der Waals surface area contributed by atoms with Crippen LogP contribution in [-0.2, 0) is 0 Å². The molecule has 2 rings (SSSR count). The summed E-state index contributed by atoms with van der Waals surface area (Å²) in [4.78, 5) is 0.839. The summed E-state index contributed by atoms with van der Waals surface area (Å²) in [7, 11) is 0. The van der Waals surface area contributed by atoms with Gasteiger partial charge in [-0.25, -0.2) is 0 Å². The van der Waals surface area contributed by atoms with E-state index in [2.05, 4.69) is 12.6 Å². The maximum atomic E-state index is 12.6. The quantitative estimate of drug-likeness (QED) is 0.573. The van der Waals surface area contributed by atoms with Crippen molar-refractivity contribution < 1.29 is 13.5 Å². The van der Waals surface area contributed by atoms with Gasteiger partial charge in [-0.3, -0.25) is 4.90 Å². The van der Waals surface area contributed by atoms with Crippen LogP contribution in [0.3, 0.4) is 0 Å². The van der Waals surface area contributed by atoms with Gasteiger partial charge in [0.05, 0.1) is 5.69 Å². The zero-order chi connectivity index (χ0) is 10.3. The van der Waals surface area contributed by atoms with E-state index in [9.17, 15) is 8.78 Å². The number of rotatable bonds is 1. The summed E-state index contributed by atoms with van der Waals surface area (Å²) < 4.78 is 30.3. The Hall–Kier alpha value is -0.970. The van der Waals surface area contributed by atoms with Gasteiger partial charge in [-0.1, -0.05) is 6.07 Å². The maximum absolute atomic E-state index is 12.6. The van der Waals surface area contributed by atoms with E-state index in [1.165, 1.54) is 0 Å². The van der Waals surface area contributed by atoms with Crippen LogP contribution < -0.4 is 9.64 Å². The molecule has 1 heterocycles. The molecule has 2 nitrogen and oxygen atoms in total. The second-order valence-electron chi connectivity index (χ2n) is 3.10. The van der Waals surface area contributed by atoms with E-state index in [0.717, 1.165) is 10.5 Å². The molecule has 1 atom stereocenters. The highest BCUT2D eigenvalue weighted by atomic mass is 32.1. The van der Waals surface area contributed by atoms with Gasteiger partial charge in [0, 0.05) is 0 Å². The van der Waals surface area contributed by atoms with Gasteiger partial charge in [-0.15, -0.1) is 12.6 Å². The van der Waals surface area contributed by atoms with Crippen LogP contribution in [0.1, 0.15) is 5.56 Å². The van der Waals surface area contributed by atoms with Crippen molar-refractivity contribution in [2.45, 2.75) is 19.0 Å². The fourth-order valence-electron chi connectivity index (χ4n) is 1.42. The van der Waals surface area contributed by atoms with Crippen LogP contribution in [-0.4, -0.2) is 12.1 Å². The standard InChI is InChI=1S/C9H9F2NOS/c1-5-2-3-7-6(4-5)12(8(10)11)9(14)13-7/h2-4,8-9,14H,1H3. The summed E-state index contributed by atoms with van der Waals surface area (Å²) in [6.45, 7) is -0.754. The lowest BCUT2D eigenvalue weighted by atomic mass is 10.2. The molecule has 0 N–H and O–H groups in total. The minimum Gasteiger partial charge on any atom is -0.459 e. The molecule has 1 aromatic carbocycles. The van der Waals surface area contributed by atoms with Crippen molar-refractivity contribution in [1.29, 1.82) is 0 Å². The van der Waals surface area contributed by atoms with E-state index in [-0.39, 0.29) is 0 Å². The Bertz CT molecular complexity index is 359. The second-order valence-corrected chi connectivity index (χ2v) is 3.54. The van der Waals surface area contributed by atoms with Crippen molar-refractivity contribution in [1.82, 2.24) is 0 Å². The maximum Gasteiger partial charge on any atom is 0.318 e. The number of hydrogen-bond acceptors (Lipinski definition) is 3. The molecule has 76 valence electrons. The normalized spacial score (nSPS) is 19.8. The summed E-state index contributed by atoms with van der Waals surface area (Å²) in [5, 5.41) is 0.